The number of ether oxygens (including phenoxy) is 1. The molecule has 0 aliphatic carbocycles. The summed E-state index contributed by atoms with van der Waals surface area (Å²) in [7, 11) is 1.53. The maximum atomic E-state index is 4.90. The number of hydrogen-bond acceptors (Lipinski definition) is 5. The van der Waals surface area contributed by atoms with E-state index < -0.39 is 0 Å². The highest BCUT2D eigenvalue weighted by molar-refractivity contribution is 5.76. The Hall–Kier alpha value is -1.65. The van der Waals surface area contributed by atoms with E-state index in [9.17, 15) is 0 Å². The largest absolute Gasteiger partial charge is 0.480 e. The highest BCUT2D eigenvalue weighted by atomic mass is 16.5. The monoisotopic (exact) mass is 152 g/mol. The Morgan fingerprint density at radius 3 is 2.82 bits per heavy atom. The molecule has 0 bridgehead atoms. The highest BCUT2D eigenvalue weighted by Gasteiger charge is 1.92. The lowest BCUT2D eigenvalue weighted by Crippen LogP contribution is -1.95. The van der Waals surface area contributed by atoms with Crippen molar-refractivity contribution in [2.45, 2.75) is 0 Å². The van der Waals surface area contributed by atoms with E-state index in [4.69, 9.17) is 10.6 Å². The second kappa shape index (κ2) is 3.50. The Morgan fingerprint density at radius 2 is 2.36 bits per heavy atom. The average molecular weight is 152 g/mol. The van der Waals surface area contributed by atoms with Crippen molar-refractivity contribution >= 4 is 6.21 Å². The van der Waals surface area contributed by atoms with Crippen LogP contribution >= 0.6 is 0 Å². The van der Waals surface area contributed by atoms with Crippen molar-refractivity contribution in [2.75, 3.05) is 7.11 Å². The summed E-state index contributed by atoms with van der Waals surface area (Å²) in [5.74, 6) is 5.37. The van der Waals surface area contributed by atoms with Gasteiger partial charge in [0.15, 0.2) is 0 Å². The average Bonchev–Trinajstić information content (AvgIpc) is 2.07. The third-order valence-electron chi connectivity index (χ3n) is 1.08. The number of nitrogens with zero attached hydrogens (tertiary/aromatic N) is 3. The zero-order valence-corrected chi connectivity index (χ0v) is 6.06. The van der Waals surface area contributed by atoms with Crippen LogP contribution in [-0.2, 0) is 0 Å². The zero-order valence-electron chi connectivity index (χ0n) is 6.06. The normalized spacial score (nSPS) is 10.3. The van der Waals surface area contributed by atoms with Gasteiger partial charge in [-0.2, -0.15) is 5.10 Å². The van der Waals surface area contributed by atoms with Gasteiger partial charge in [-0.3, -0.25) is 0 Å². The maximum absolute atomic E-state index is 4.90. The van der Waals surface area contributed by atoms with Crippen LogP contribution in [0.4, 0.5) is 0 Å². The van der Waals surface area contributed by atoms with Crippen LogP contribution in [0.25, 0.3) is 0 Å². The van der Waals surface area contributed by atoms with Crippen LogP contribution < -0.4 is 10.6 Å². The molecule has 0 aliphatic heterocycles. The van der Waals surface area contributed by atoms with Gasteiger partial charge in [0.25, 0.3) is 0 Å². The van der Waals surface area contributed by atoms with E-state index in [1.807, 2.05) is 0 Å². The molecule has 0 saturated heterocycles. The van der Waals surface area contributed by atoms with Gasteiger partial charge in [-0.1, -0.05) is 0 Å². The summed E-state index contributed by atoms with van der Waals surface area (Å²) in [6.45, 7) is 0. The van der Waals surface area contributed by atoms with Gasteiger partial charge >= 0.3 is 0 Å². The number of aromatic nitrogens is 2. The topological polar surface area (TPSA) is 73.4 Å². The summed E-state index contributed by atoms with van der Waals surface area (Å²) in [6.07, 6.45) is 1.41. The van der Waals surface area contributed by atoms with Gasteiger partial charge in [-0.25, -0.2) is 0 Å². The Morgan fingerprint density at radius 1 is 1.55 bits per heavy atom. The molecule has 0 atom stereocenters. The molecular weight excluding hydrogens is 144 g/mol. The van der Waals surface area contributed by atoms with E-state index in [0.717, 1.165) is 0 Å². The molecule has 0 fully saturated rings. The van der Waals surface area contributed by atoms with E-state index in [-0.39, 0.29) is 0 Å². The van der Waals surface area contributed by atoms with E-state index in [2.05, 4.69) is 15.3 Å². The number of hydrogen-bond donors (Lipinski definition) is 1. The molecule has 5 nitrogen and oxygen atoms in total. The first-order valence-electron chi connectivity index (χ1n) is 2.98. The fourth-order valence-electron chi connectivity index (χ4n) is 0.584. The Balaban J connectivity index is 2.82. The van der Waals surface area contributed by atoms with Crippen LogP contribution in [0.5, 0.6) is 5.88 Å². The molecule has 0 unspecified atom stereocenters. The number of rotatable bonds is 2. The van der Waals surface area contributed by atoms with E-state index in [1.165, 1.54) is 13.3 Å². The SMILES string of the molecule is COc1ccc(/C=N/N)nn1. The first-order chi connectivity index (χ1) is 5.36. The molecule has 1 aromatic heterocycles. The molecule has 11 heavy (non-hydrogen) atoms. The van der Waals surface area contributed by atoms with Gasteiger partial charge in [0, 0.05) is 6.07 Å². The molecule has 58 valence electrons. The van der Waals surface area contributed by atoms with Gasteiger partial charge in [0.1, 0.15) is 5.69 Å². The second-order valence-corrected chi connectivity index (χ2v) is 1.78. The third kappa shape index (κ3) is 1.89. The number of hydrazone groups is 1. The predicted molar refractivity (Wildman–Crippen MR) is 40.4 cm³/mol. The molecule has 2 N–H and O–H groups in total. The Bertz CT molecular complexity index is 243. The lowest BCUT2D eigenvalue weighted by molar-refractivity contribution is 0.392. The smallest absolute Gasteiger partial charge is 0.233 e. The van der Waals surface area contributed by atoms with Gasteiger partial charge in [0.05, 0.1) is 13.3 Å². The summed E-state index contributed by atoms with van der Waals surface area (Å²) in [6, 6.07) is 3.40. The van der Waals surface area contributed by atoms with Crippen LogP contribution in [0.15, 0.2) is 17.2 Å². The molecule has 0 saturated carbocycles. The predicted octanol–water partition coefficient (Wildman–Crippen LogP) is -0.222. The lowest BCUT2D eigenvalue weighted by Gasteiger charge is -1.94. The van der Waals surface area contributed by atoms with Crippen LogP contribution in [0, 0.1) is 0 Å². The molecule has 0 aliphatic rings. The molecule has 0 radical (unpaired) electrons. The first kappa shape index (κ1) is 7.46. The maximum Gasteiger partial charge on any atom is 0.233 e. The van der Waals surface area contributed by atoms with Gasteiger partial charge in [-0.15, -0.1) is 10.2 Å². The first-order valence-corrected chi connectivity index (χ1v) is 2.98. The fraction of sp³-hybridized carbons (Fsp3) is 0.167. The molecular formula is C6H8N4O. The van der Waals surface area contributed by atoms with Gasteiger partial charge < -0.3 is 10.6 Å². The van der Waals surface area contributed by atoms with E-state index >= 15 is 0 Å². The standard InChI is InChI=1S/C6H8N4O/c1-11-6-3-2-5(4-8-7)9-10-6/h2-4H,7H2,1H3/b8-4+. The van der Waals surface area contributed by atoms with Crippen LogP contribution in [-0.4, -0.2) is 23.5 Å². The van der Waals surface area contributed by atoms with Crippen molar-refractivity contribution in [2.24, 2.45) is 10.9 Å². The summed E-state index contributed by atoms with van der Waals surface area (Å²) < 4.78 is 4.80. The van der Waals surface area contributed by atoms with Crippen molar-refractivity contribution < 1.29 is 4.74 Å². The summed E-state index contributed by atoms with van der Waals surface area (Å²) in [4.78, 5) is 0. The molecule has 0 spiro atoms. The van der Waals surface area contributed by atoms with Crippen LogP contribution in [0.2, 0.25) is 0 Å². The molecule has 1 heterocycles. The summed E-state index contributed by atoms with van der Waals surface area (Å²) >= 11 is 0. The third-order valence-corrected chi connectivity index (χ3v) is 1.08. The molecule has 1 aromatic rings. The summed E-state index contributed by atoms with van der Waals surface area (Å²) in [5, 5.41) is 10.7. The zero-order chi connectivity index (χ0) is 8.10. The van der Waals surface area contributed by atoms with Crippen molar-refractivity contribution in [3.05, 3.63) is 17.8 Å². The second-order valence-electron chi connectivity index (χ2n) is 1.78. The van der Waals surface area contributed by atoms with Crippen molar-refractivity contribution in [3.63, 3.8) is 0 Å². The Kier molecular flexibility index (Phi) is 2.37. The number of methoxy groups -OCH3 is 1. The minimum atomic E-state index is 0.471. The lowest BCUT2D eigenvalue weighted by atomic mass is 10.4. The minimum Gasteiger partial charge on any atom is -0.480 e. The quantitative estimate of drug-likeness (QED) is 0.361. The van der Waals surface area contributed by atoms with Gasteiger partial charge in [-0.05, 0) is 6.07 Å². The van der Waals surface area contributed by atoms with E-state index in [1.54, 1.807) is 12.1 Å². The van der Waals surface area contributed by atoms with Crippen LogP contribution in [0.3, 0.4) is 0 Å². The van der Waals surface area contributed by atoms with E-state index in [0.29, 0.717) is 11.6 Å². The molecule has 5 heteroatoms. The molecule has 1 rings (SSSR count). The summed E-state index contributed by atoms with van der Waals surface area (Å²) in [5.41, 5.74) is 0.605. The van der Waals surface area contributed by atoms with Crippen molar-refractivity contribution in [3.8, 4) is 5.88 Å². The number of nitrogens with two attached hydrogens (primary N) is 1. The Labute approximate surface area is 63.9 Å². The van der Waals surface area contributed by atoms with Crippen molar-refractivity contribution in [1.82, 2.24) is 10.2 Å². The molecule has 0 aromatic carbocycles. The van der Waals surface area contributed by atoms with Crippen molar-refractivity contribution in [1.29, 1.82) is 0 Å². The highest BCUT2D eigenvalue weighted by Crippen LogP contribution is 2.01. The van der Waals surface area contributed by atoms with Gasteiger partial charge in [0.2, 0.25) is 5.88 Å². The molecule has 0 amide bonds. The fourth-order valence-corrected chi connectivity index (χ4v) is 0.584. The minimum absolute atomic E-state index is 0.471. The van der Waals surface area contributed by atoms with Crippen LogP contribution in [0.1, 0.15) is 5.69 Å².